The van der Waals surface area contributed by atoms with Gasteiger partial charge >= 0.3 is 17.9 Å². The molecule has 6 heteroatoms. The molecule has 6 nitrogen and oxygen atoms in total. The molecule has 0 aliphatic heterocycles. The molecule has 0 aromatic heterocycles. The summed E-state index contributed by atoms with van der Waals surface area (Å²) in [6.45, 7) is 6.49. The monoisotopic (exact) mass is 761 g/mol. The molecule has 0 bridgehead atoms. The lowest BCUT2D eigenvalue weighted by Crippen LogP contribution is -2.30. The molecule has 0 heterocycles. The van der Waals surface area contributed by atoms with E-state index in [4.69, 9.17) is 14.2 Å². The molecule has 54 heavy (non-hydrogen) atoms. The maximum atomic E-state index is 12.6. The number of carbonyl (C=O) groups excluding carboxylic acids is 3. The predicted molar refractivity (Wildman–Crippen MR) is 229 cm³/mol. The van der Waals surface area contributed by atoms with Crippen LogP contribution in [0, 0.1) is 0 Å². The van der Waals surface area contributed by atoms with E-state index in [2.05, 4.69) is 45.1 Å². The molecule has 0 radical (unpaired) electrons. The van der Waals surface area contributed by atoms with Crippen LogP contribution in [0.5, 0.6) is 0 Å². The van der Waals surface area contributed by atoms with Crippen molar-refractivity contribution >= 4 is 17.9 Å². The van der Waals surface area contributed by atoms with Crippen LogP contribution in [0.25, 0.3) is 0 Å². The van der Waals surface area contributed by atoms with Crippen LogP contribution in [0.2, 0.25) is 0 Å². The van der Waals surface area contributed by atoms with E-state index in [1.54, 1.807) is 0 Å². The minimum atomic E-state index is -0.767. The average Bonchev–Trinajstić information content (AvgIpc) is 3.17. The molecule has 0 amide bonds. The number of esters is 3. The van der Waals surface area contributed by atoms with Crippen LogP contribution >= 0.6 is 0 Å². The van der Waals surface area contributed by atoms with Crippen molar-refractivity contribution in [3.05, 3.63) is 24.3 Å². The van der Waals surface area contributed by atoms with Crippen molar-refractivity contribution in [1.82, 2.24) is 0 Å². The minimum absolute atomic E-state index is 0.0745. The van der Waals surface area contributed by atoms with Crippen LogP contribution in [0.3, 0.4) is 0 Å². The lowest BCUT2D eigenvalue weighted by Gasteiger charge is -2.18. The summed E-state index contributed by atoms with van der Waals surface area (Å²) < 4.78 is 16.6. The van der Waals surface area contributed by atoms with Gasteiger partial charge in [0.15, 0.2) is 6.10 Å². The van der Waals surface area contributed by atoms with Gasteiger partial charge in [-0.05, 0) is 64.2 Å². The number of hydrogen-bond donors (Lipinski definition) is 0. The van der Waals surface area contributed by atoms with Crippen molar-refractivity contribution in [2.75, 3.05) is 13.2 Å². The molecular formula is C48H88O6. The highest BCUT2D eigenvalue weighted by molar-refractivity contribution is 5.71. The first-order valence-electron chi connectivity index (χ1n) is 23.3. The lowest BCUT2D eigenvalue weighted by molar-refractivity contribution is -0.167. The maximum Gasteiger partial charge on any atom is 0.306 e. The Kier molecular flexibility index (Phi) is 41.9. The molecule has 316 valence electrons. The fourth-order valence-corrected chi connectivity index (χ4v) is 6.61. The second-order valence-corrected chi connectivity index (χ2v) is 15.7. The Morgan fingerprint density at radius 2 is 0.648 bits per heavy atom. The molecule has 1 unspecified atom stereocenters. The molecule has 0 aliphatic rings. The number of allylic oxidation sites excluding steroid dienone is 4. The number of unbranched alkanes of at least 4 members (excludes halogenated alkanes) is 27. The van der Waals surface area contributed by atoms with Gasteiger partial charge in [-0.15, -0.1) is 0 Å². The molecule has 0 aliphatic carbocycles. The zero-order chi connectivity index (χ0) is 39.4. The molecule has 0 aromatic carbocycles. The molecule has 0 saturated carbocycles. The van der Waals surface area contributed by atoms with Crippen molar-refractivity contribution in [1.29, 1.82) is 0 Å². The molecular weight excluding hydrogens is 673 g/mol. The Hall–Kier alpha value is -2.11. The zero-order valence-corrected chi connectivity index (χ0v) is 36.0. The van der Waals surface area contributed by atoms with Crippen molar-refractivity contribution in [3.63, 3.8) is 0 Å². The minimum Gasteiger partial charge on any atom is -0.462 e. The normalized spacial score (nSPS) is 12.1. The first-order valence-corrected chi connectivity index (χ1v) is 23.3. The molecule has 0 N–H and O–H groups in total. The predicted octanol–water partition coefficient (Wildman–Crippen LogP) is 14.8. The van der Waals surface area contributed by atoms with Crippen molar-refractivity contribution < 1.29 is 28.6 Å². The summed E-state index contributed by atoms with van der Waals surface area (Å²) in [7, 11) is 0. The Morgan fingerprint density at radius 3 is 1.00 bits per heavy atom. The van der Waals surface area contributed by atoms with E-state index in [9.17, 15) is 14.4 Å². The quantitative estimate of drug-likeness (QED) is 0.0267. The van der Waals surface area contributed by atoms with Gasteiger partial charge in [-0.3, -0.25) is 14.4 Å². The van der Waals surface area contributed by atoms with Crippen LogP contribution < -0.4 is 0 Å². The third kappa shape index (κ3) is 41.1. The van der Waals surface area contributed by atoms with Gasteiger partial charge in [0.2, 0.25) is 0 Å². The van der Waals surface area contributed by atoms with Crippen LogP contribution in [0.1, 0.15) is 245 Å². The van der Waals surface area contributed by atoms with Crippen molar-refractivity contribution in [2.45, 2.75) is 252 Å². The molecule has 0 aromatic rings. The van der Waals surface area contributed by atoms with Gasteiger partial charge in [-0.1, -0.05) is 186 Å². The number of hydrogen-bond acceptors (Lipinski definition) is 6. The van der Waals surface area contributed by atoms with Crippen LogP contribution in [-0.2, 0) is 28.6 Å². The second kappa shape index (κ2) is 43.6. The first kappa shape index (κ1) is 51.9. The van der Waals surface area contributed by atoms with Crippen molar-refractivity contribution in [2.24, 2.45) is 0 Å². The highest BCUT2D eigenvalue weighted by atomic mass is 16.6. The highest BCUT2D eigenvalue weighted by Gasteiger charge is 2.19. The Morgan fingerprint density at radius 1 is 0.352 bits per heavy atom. The summed E-state index contributed by atoms with van der Waals surface area (Å²) in [5.74, 6) is -0.898. The molecule has 0 spiro atoms. The third-order valence-electron chi connectivity index (χ3n) is 10.2. The lowest BCUT2D eigenvalue weighted by atomic mass is 10.1. The van der Waals surface area contributed by atoms with E-state index in [-0.39, 0.29) is 31.1 Å². The molecule has 0 rings (SSSR count). The Labute approximate surface area is 334 Å². The Balaban J connectivity index is 4.09. The highest BCUT2D eigenvalue weighted by Crippen LogP contribution is 2.14. The number of carbonyl (C=O) groups is 3. The van der Waals surface area contributed by atoms with Crippen molar-refractivity contribution in [3.8, 4) is 0 Å². The maximum absolute atomic E-state index is 12.6. The fraction of sp³-hybridized carbons (Fsp3) is 0.854. The number of rotatable bonds is 42. The van der Waals surface area contributed by atoms with Crippen LogP contribution in [0.4, 0.5) is 0 Å². The summed E-state index contributed by atoms with van der Waals surface area (Å²) in [5, 5.41) is 0. The standard InChI is InChI=1S/C48H88O6/c1-4-7-10-13-15-17-19-20-21-22-23-24-25-26-27-28-29-31-32-35-38-41-47(50)53-44-45(43-52-46(49)40-37-34-12-9-6-3)54-48(51)42-39-36-33-30-18-16-14-11-8-5-2/h11,14,22-23,45H,4-10,12-13,15-21,24-44H2,1-3H3/b14-11-,23-22-. The first-order chi connectivity index (χ1) is 26.5. The summed E-state index contributed by atoms with van der Waals surface area (Å²) in [6.07, 6.45) is 47.8. The Bertz CT molecular complexity index is 880. The van der Waals surface area contributed by atoms with Gasteiger partial charge in [0.25, 0.3) is 0 Å². The topological polar surface area (TPSA) is 78.9 Å². The van der Waals surface area contributed by atoms with Gasteiger partial charge < -0.3 is 14.2 Å². The molecule has 0 fully saturated rings. The molecule has 0 saturated heterocycles. The second-order valence-electron chi connectivity index (χ2n) is 15.7. The van der Waals surface area contributed by atoms with Gasteiger partial charge in [0.05, 0.1) is 0 Å². The summed E-state index contributed by atoms with van der Waals surface area (Å²) in [6, 6.07) is 0. The van der Waals surface area contributed by atoms with E-state index in [0.29, 0.717) is 19.3 Å². The smallest absolute Gasteiger partial charge is 0.306 e. The van der Waals surface area contributed by atoms with E-state index in [0.717, 1.165) is 83.5 Å². The fourth-order valence-electron chi connectivity index (χ4n) is 6.61. The van der Waals surface area contributed by atoms with Gasteiger partial charge in [-0.25, -0.2) is 0 Å². The van der Waals surface area contributed by atoms with E-state index in [1.807, 2.05) is 0 Å². The van der Waals surface area contributed by atoms with Gasteiger partial charge in [0.1, 0.15) is 13.2 Å². The SMILES string of the molecule is CCC/C=C\CCCCCCCC(=O)OC(COC(=O)CCCCCCC)COC(=O)CCCCCCCCCCC/C=C\CCCCCCCCCC. The van der Waals surface area contributed by atoms with E-state index < -0.39 is 6.10 Å². The third-order valence-corrected chi connectivity index (χ3v) is 10.2. The van der Waals surface area contributed by atoms with Crippen LogP contribution in [-0.4, -0.2) is 37.2 Å². The number of ether oxygens (including phenoxy) is 3. The van der Waals surface area contributed by atoms with Gasteiger partial charge in [0, 0.05) is 19.3 Å². The average molecular weight is 761 g/mol. The largest absolute Gasteiger partial charge is 0.462 e. The zero-order valence-electron chi connectivity index (χ0n) is 36.0. The summed E-state index contributed by atoms with van der Waals surface area (Å²) >= 11 is 0. The summed E-state index contributed by atoms with van der Waals surface area (Å²) in [4.78, 5) is 37.4. The van der Waals surface area contributed by atoms with Gasteiger partial charge in [-0.2, -0.15) is 0 Å². The van der Waals surface area contributed by atoms with E-state index >= 15 is 0 Å². The summed E-state index contributed by atoms with van der Waals surface area (Å²) in [5.41, 5.74) is 0. The van der Waals surface area contributed by atoms with Crippen LogP contribution in [0.15, 0.2) is 24.3 Å². The molecule has 1 atom stereocenters. The van der Waals surface area contributed by atoms with E-state index in [1.165, 1.54) is 122 Å².